The van der Waals surface area contributed by atoms with Crippen molar-refractivity contribution in [2.75, 3.05) is 0 Å². The van der Waals surface area contributed by atoms with Crippen LogP contribution in [0.25, 0.3) is 0 Å². The highest BCUT2D eigenvalue weighted by atomic mass is 19.1. The first-order valence-electron chi connectivity index (χ1n) is 5.35. The summed E-state index contributed by atoms with van der Waals surface area (Å²) >= 11 is 0. The Labute approximate surface area is 90.3 Å². The van der Waals surface area contributed by atoms with Gasteiger partial charge in [0.1, 0.15) is 5.82 Å². The molecule has 1 aliphatic rings. The lowest BCUT2D eigenvalue weighted by Gasteiger charge is -2.27. The third-order valence-corrected chi connectivity index (χ3v) is 2.91. The van der Waals surface area contributed by atoms with Gasteiger partial charge in [0.05, 0.1) is 12.2 Å². The molecule has 15 heavy (non-hydrogen) atoms. The maximum absolute atomic E-state index is 13.8. The lowest BCUT2D eigenvalue weighted by atomic mass is 9.84. The molecule has 0 bridgehead atoms. The summed E-state index contributed by atoms with van der Waals surface area (Å²) in [6.45, 7) is 8.20. The second-order valence-electron chi connectivity index (χ2n) is 5.27. The first-order chi connectivity index (χ1) is 6.91. The van der Waals surface area contributed by atoms with Crippen molar-refractivity contribution in [3.63, 3.8) is 0 Å². The fraction of sp³-hybridized carbons (Fsp3) is 0.538. The Kier molecular flexibility index (Phi) is 2.34. The summed E-state index contributed by atoms with van der Waals surface area (Å²) in [4.78, 5) is 0. The minimum absolute atomic E-state index is 0.0000694. The van der Waals surface area contributed by atoms with Gasteiger partial charge in [-0.2, -0.15) is 0 Å². The predicted molar refractivity (Wildman–Crippen MR) is 58.1 cm³/mol. The Morgan fingerprint density at radius 1 is 1.27 bits per heavy atom. The molecule has 0 aliphatic carbocycles. The molecule has 0 radical (unpaired) electrons. The molecule has 1 aromatic rings. The highest BCUT2D eigenvalue weighted by molar-refractivity contribution is 5.36. The summed E-state index contributed by atoms with van der Waals surface area (Å²) in [7, 11) is 0. The molecule has 0 amide bonds. The summed E-state index contributed by atoms with van der Waals surface area (Å²) in [6, 6.07) is 5.22. The second kappa shape index (κ2) is 3.31. The zero-order valence-corrected chi connectivity index (χ0v) is 9.67. The van der Waals surface area contributed by atoms with Crippen LogP contribution in [0, 0.1) is 11.2 Å². The van der Waals surface area contributed by atoms with Crippen LogP contribution in [0.5, 0.6) is 0 Å². The highest BCUT2D eigenvalue weighted by Gasteiger charge is 2.38. The fourth-order valence-corrected chi connectivity index (χ4v) is 2.17. The van der Waals surface area contributed by atoms with E-state index in [1.165, 1.54) is 6.07 Å². The molecule has 0 aromatic heterocycles. The van der Waals surface area contributed by atoms with Crippen LogP contribution < -0.4 is 0 Å². The number of fused-ring (bicyclic) bond motifs is 1. The van der Waals surface area contributed by atoms with Crippen molar-refractivity contribution in [3.05, 3.63) is 35.1 Å². The molecule has 0 saturated carbocycles. The van der Waals surface area contributed by atoms with E-state index < -0.39 is 0 Å². The van der Waals surface area contributed by atoms with E-state index >= 15 is 0 Å². The molecule has 1 nitrogen and oxygen atoms in total. The Morgan fingerprint density at radius 3 is 2.53 bits per heavy atom. The van der Waals surface area contributed by atoms with E-state index in [9.17, 15) is 4.39 Å². The average molecular weight is 208 g/mol. The lowest BCUT2D eigenvalue weighted by Crippen LogP contribution is -2.18. The van der Waals surface area contributed by atoms with Crippen LogP contribution in [0.4, 0.5) is 4.39 Å². The van der Waals surface area contributed by atoms with Crippen LogP contribution in [-0.2, 0) is 4.74 Å². The largest absolute Gasteiger partial charge is 0.365 e. The SMILES string of the molecule is CC1OC(C(C)(C)C)c2c(F)cccc21. The Morgan fingerprint density at radius 2 is 1.93 bits per heavy atom. The van der Waals surface area contributed by atoms with Gasteiger partial charge in [-0.3, -0.25) is 0 Å². The van der Waals surface area contributed by atoms with Gasteiger partial charge in [-0.25, -0.2) is 4.39 Å². The van der Waals surface area contributed by atoms with Crippen molar-refractivity contribution in [1.29, 1.82) is 0 Å². The third kappa shape index (κ3) is 1.67. The molecule has 2 atom stereocenters. The second-order valence-corrected chi connectivity index (χ2v) is 5.27. The molecule has 82 valence electrons. The molecule has 1 aromatic carbocycles. The van der Waals surface area contributed by atoms with Crippen LogP contribution in [0.3, 0.4) is 0 Å². The molecule has 0 fully saturated rings. The first kappa shape index (κ1) is 10.6. The highest BCUT2D eigenvalue weighted by Crippen LogP contribution is 2.48. The molecule has 1 heterocycles. The van der Waals surface area contributed by atoms with E-state index in [-0.39, 0.29) is 23.4 Å². The monoisotopic (exact) mass is 208 g/mol. The van der Waals surface area contributed by atoms with Gasteiger partial charge in [-0.15, -0.1) is 0 Å². The van der Waals surface area contributed by atoms with Gasteiger partial charge in [0.15, 0.2) is 0 Å². The molecule has 0 N–H and O–H groups in total. The number of benzene rings is 1. The summed E-state index contributed by atoms with van der Waals surface area (Å²) in [6.07, 6.45) is -0.136. The van der Waals surface area contributed by atoms with Crippen molar-refractivity contribution in [1.82, 2.24) is 0 Å². The molecule has 0 spiro atoms. The van der Waals surface area contributed by atoms with Crippen molar-refractivity contribution in [2.24, 2.45) is 5.41 Å². The van der Waals surface area contributed by atoms with E-state index in [0.717, 1.165) is 11.1 Å². The molecule has 2 heteroatoms. The molecule has 1 aliphatic heterocycles. The molecule has 0 saturated heterocycles. The normalized spacial score (nSPS) is 25.4. The van der Waals surface area contributed by atoms with Crippen LogP contribution >= 0.6 is 0 Å². The summed E-state index contributed by atoms with van der Waals surface area (Å²) in [5.74, 6) is -0.142. The van der Waals surface area contributed by atoms with E-state index in [2.05, 4.69) is 20.8 Å². The topological polar surface area (TPSA) is 9.23 Å². The predicted octanol–water partition coefficient (Wildman–Crippen LogP) is 4.00. The van der Waals surface area contributed by atoms with Crippen molar-refractivity contribution >= 4 is 0 Å². The Bertz CT molecular complexity index is 379. The summed E-state index contributed by atoms with van der Waals surface area (Å²) in [5.41, 5.74) is 1.68. The average Bonchev–Trinajstić information content (AvgIpc) is 2.45. The Hall–Kier alpha value is -0.890. The van der Waals surface area contributed by atoms with E-state index in [1.807, 2.05) is 13.0 Å². The lowest BCUT2D eigenvalue weighted by molar-refractivity contribution is -0.0407. The minimum Gasteiger partial charge on any atom is -0.365 e. The smallest absolute Gasteiger partial charge is 0.129 e. The Balaban J connectivity index is 2.54. The third-order valence-electron chi connectivity index (χ3n) is 2.91. The number of hydrogen-bond acceptors (Lipinski definition) is 1. The van der Waals surface area contributed by atoms with Crippen LogP contribution in [0.2, 0.25) is 0 Å². The molecule has 2 rings (SSSR count). The molecular formula is C13H17FO. The number of ether oxygens (including phenoxy) is 1. The van der Waals surface area contributed by atoms with Gasteiger partial charge in [0.25, 0.3) is 0 Å². The van der Waals surface area contributed by atoms with Crippen LogP contribution in [0.1, 0.15) is 51.0 Å². The standard InChI is InChI=1S/C13H17FO/c1-8-9-6-5-7-10(14)11(9)12(15-8)13(2,3)4/h5-8,12H,1-4H3. The molecule has 2 unspecified atom stereocenters. The maximum Gasteiger partial charge on any atom is 0.129 e. The van der Waals surface area contributed by atoms with E-state index in [0.29, 0.717) is 0 Å². The van der Waals surface area contributed by atoms with Crippen molar-refractivity contribution in [3.8, 4) is 0 Å². The van der Waals surface area contributed by atoms with Gasteiger partial charge in [-0.1, -0.05) is 32.9 Å². The zero-order valence-electron chi connectivity index (χ0n) is 9.67. The van der Waals surface area contributed by atoms with E-state index in [4.69, 9.17) is 4.74 Å². The van der Waals surface area contributed by atoms with E-state index in [1.54, 1.807) is 6.07 Å². The van der Waals surface area contributed by atoms with Crippen molar-refractivity contribution in [2.45, 2.75) is 39.9 Å². The minimum atomic E-state index is -0.142. The molecular weight excluding hydrogens is 191 g/mol. The van der Waals surface area contributed by atoms with Gasteiger partial charge >= 0.3 is 0 Å². The number of halogens is 1. The number of rotatable bonds is 0. The maximum atomic E-state index is 13.8. The first-order valence-corrected chi connectivity index (χ1v) is 5.35. The van der Waals surface area contributed by atoms with Crippen molar-refractivity contribution < 1.29 is 9.13 Å². The van der Waals surface area contributed by atoms with Crippen LogP contribution in [0.15, 0.2) is 18.2 Å². The summed E-state index contributed by atoms with van der Waals surface area (Å²) in [5, 5.41) is 0. The van der Waals surface area contributed by atoms with Crippen LogP contribution in [-0.4, -0.2) is 0 Å². The quantitative estimate of drug-likeness (QED) is 0.626. The van der Waals surface area contributed by atoms with Gasteiger partial charge in [-0.05, 0) is 24.0 Å². The summed E-state index contributed by atoms with van der Waals surface area (Å²) < 4.78 is 19.6. The van der Waals surface area contributed by atoms with Gasteiger partial charge in [0.2, 0.25) is 0 Å². The zero-order chi connectivity index (χ0) is 11.2. The fourth-order valence-electron chi connectivity index (χ4n) is 2.17. The van der Waals surface area contributed by atoms with Gasteiger partial charge in [0, 0.05) is 5.56 Å². The van der Waals surface area contributed by atoms with Gasteiger partial charge < -0.3 is 4.74 Å². The number of hydrogen-bond donors (Lipinski definition) is 0.